The van der Waals surface area contributed by atoms with Gasteiger partial charge in [0.25, 0.3) is 0 Å². The Labute approximate surface area is 118 Å². The normalized spacial score (nSPS) is 20.4. The molecule has 4 heteroatoms. The molecule has 1 amide bonds. The largest absolute Gasteiger partial charge is 0.352 e. The Balaban J connectivity index is 1.58. The first kappa shape index (κ1) is 13.7. The van der Waals surface area contributed by atoms with Crippen molar-refractivity contribution in [1.82, 2.24) is 5.32 Å². The molecule has 0 radical (unpaired) electrons. The van der Waals surface area contributed by atoms with Gasteiger partial charge in [0.2, 0.25) is 5.91 Å². The predicted octanol–water partition coefficient (Wildman–Crippen LogP) is 3.67. The third kappa shape index (κ3) is 4.18. The van der Waals surface area contributed by atoms with Crippen LogP contribution in [0.25, 0.3) is 0 Å². The highest BCUT2D eigenvalue weighted by atomic mass is 35.5. The van der Waals surface area contributed by atoms with Crippen LogP contribution in [-0.4, -0.2) is 10.2 Å². The molecule has 1 aromatic carbocycles. The second-order valence-electron chi connectivity index (χ2n) is 4.82. The van der Waals surface area contributed by atoms with Gasteiger partial charge in [0, 0.05) is 13.0 Å². The smallest absolute Gasteiger partial charge is 0.220 e. The molecule has 0 saturated heterocycles. The van der Waals surface area contributed by atoms with Gasteiger partial charge in [-0.15, -0.1) is 23.2 Å². The van der Waals surface area contributed by atoms with Crippen molar-refractivity contribution in [3.05, 3.63) is 35.9 Å². The molecule has 18 heavy (non-hydrogen) atoms. The predicted molar refractivity (Wildman–Crippen MR) is 74.7 cm³/mol. The molecule has 1 atom stereocenters. The van der Waals surface area contributed by atoms with E-state index < -0.39 is 4.33 Å². The molecule has 0 bridgehead atoms. The van der Waals surface area contributed by atoms with Gasteiger partial charge >= 0.3 is 0 Å². The number of benzene rings is 1. The number of halogens is 2. The number of amides is 1. The summed E-state index contributed by atoms with van der Waals surface area (Å²) in [5.41, 5.74) is 1.12. The van der Waals surface area contributed by atoms with Crippen molar-refractivity contribution in [2.75, 3.05) is 0 Å². The van der Waals surface area contributed by atoms with Gasteiger partial charge in [0.1, 0.15) is 4.33 Å². The molecular weight excluding hydrogens is 269 g/mol. The van der Waals surface area contributed by atoms with E-state index in [1.807, 2.05) is 30.3 Å². The molecule has 1 aromatic rings. The average molecular weight is 286 g/mol. The first-order valence-corrected chi connectivity index (χ1v) is 7.02. The highest BCUT2D eigenvalue weighted by Gasteiger charge is 2.50. The molecule has 2 rings (SSSR count). The fourth-order valence-electron chi connectivity index (χ4n) is 1.98. The van der Waals surface area contributed by atoms with Gasteiger partial charge in [-0.05, 0) is 30.7 Å². The van der Waals surface area contributed by atoms with Crippen molar-refractivity contribution in [1.29, 1.82) is 0 Å². The number of carbonyl (C=O) groups excluding carboxylic acids is 1. The number of nitrogens with one attached hydrogen (secondary N) is 1. The molecule has 1 N–H and O–H groups in total. The zero-order chi connectivity index (χ0) is 13.0. The molecule has 0 aromatic heterocycles. The first-order valence-electron chi connectivity index (χ1n) is 6.26. The van der Waals surface area contributed by atoms with Gasteiger partial charge in [-0.3, -0.25) is 4.79 Å². The molecule has 1 saturated carbocycles. The van der Waals surface area contributed by atoms with Crippen molar-refractivity contribution < 1.29 is 4.79 Å². The fourth-order valence-corrected chi connectivity index (χ4v) is 2.57. The molecule has 0 unspecified atom stereocenters. The summed E-state index contributed by atoms with van der Waals surface area (Å²) in [4.78, 5) is 11.6. The Morgan fingerprint density at radius 1 is 1.33 bits per heavy atom. The Morgan fingerprint density at radius 2 is 2.00 bits per heavy atom. The maximum absolute atomic E-state index is 11.6. The zero-order valence-electron chi connectivity index (χ0n) is 10.2. The van der Waals surface area contributed by atoms with Crippen LogP contribution in [0.5, 0.6) is 0 Å². The van der Waals surface area contributed by atoms with Gasteiger partial charge in [-0.2, -0.15) is 0 Å². The summed E-state index contributed by atoms with van der Waals surface area (Å²) in [6.45, 7) is 0.595. The van der Waals surface area contributed by atoms with Gasteiger partial charge in [-0.1, -0.05) is 30.3 Å². The summed E-state index contributed by atoms with van der Waals surface area (Å²) in [5, 5.41) is 2.91. The van der Waals surface area contributed by atoms with Crippen molar-refractivity contribution in [3.63, 3.8) is 0 Å². The van der Waals surface area contributed by atoms with Crippen LogP contribution in [0.1, 0.15) is 31.2 Å². The van der Waals surface area contributed by atoms with Crippen LogP contribution in [0.2, 0.25) is 0 Å². The lowest BCUT2D eigenvalue weighted by Crippen LogP contribution is -2.22. The third-order valence-electron chi connectivity index (χ3n) is 3.24. The van der Waals surface area contributed by atoms with Crippen molar-refractivity contribution in [2.24, 2.45) is 5.92 Å². The number of hydrogen-bond donors (Lipinski definition) is 1. The van der Waals surface area contributed by atoms with Gasteiger partial charge in [-0.25, -0.2) is 0 Å². The van der Waals surface area contributed by atoms with E-state index >= 15 is 0 Å². The van der Waals surface area contributed by atoms with E-state index in [2.05, 4.69) is 5.32 Å². The topological polar surface area (TPSA) is 29.1 Å². The molecule has 0 spiro atoms. The lowest BCUT2D eigenvalue weighted by atomic mass is 10.1. The lowest BCUT2D eigenvalue weighted by Gasteiger charge is -2.05. The highest BCUT2D eigenvalue weighted by molar-refractivity contribution is 6.50. The van der Waals surface area contributed by atoms with Crippen molar-refractivity contribution in [2.45, 2.75) is 36.6 Å². The van der Waals surface area contributed by atoms with Crippen LogP contribution in [0, 0.1) is 5.92 Å². The average Bonchev–Trinajstić information content (AvgIpc) is 2.96. The maximum Gasteiger partial charge on any atom is 0.220 e. The van der Waals surface area contributed by atoms with E-state index in [1.54, 1.807) is 0 Å². The van der Waals surface area contributed by atoms with Crippen molar-refractivity contribution >= 4 is 29.1 Å². The quantitative estimate of drug-likeness (QED) is 0.794. The molecule has 0 heterocycles. The first-order chi connectivity index (χ1) is 8.58. The van der Waals surface area contributed by atoms with E-state index in [-0.39, 0.29) is 5.91 Å². The summed E-state index contributed by atoms with van der Waals surface area (Å²) in [7, 11) is 0. The minimum absolute atomic E-state index is 0.0919. The van der Waals surface area contributed by atoms with Crippen LogP contribution in [-0.2, 0) is 11.3 Å². The van der Waals surface area contributed by atoms with E-state index in [4.69, 9.17) is 23.2 Å². The number of alkyl halides is 2. The SMILES string of the molecule is O=C(CCC[C@H]1CC1(Cl)Cl)NCc1ccccc1. The minimum atomic E-state index is -0.513. The Morgan fingerprint density at radius 3 is 2.61 bits per heavy atom. The molecule has 1 fully saturated rings. The Bertz CT molecular complexity index is 406. The molecule has 2 nitrogen and oxygen atoms in total. The van der Waals surface area contributed by atoms with Crippen LogP contribution >= 0.6 is 23.2 Å². The lowest BCUT2D eigenvalue weighted by molar-refractivity contribution is -0.121. The number of rotatable bonds is 6. The van der Waals surface area contributed by atoms with Crippen LogP contribution in [0.15, 0.2) is 30.3 Å². The van der Waals surface area contributed by atoms with E-state index in [1.165, 1.54) is 0 Å². The molecule has 98 valence electrons. The Hall–Kier alpha value is -0.730. The summed E-state index contributed by atoms with van der Waals surface area (Å²) in [6.07, 6.45) is 3.20. The van der Waals surface area contributed by atoms with Crippen LogP contribution in [0.3, 0.4) is 0 Å². The monoisotopic (exact) mass is 285 g/mol. The number of carbonyl (C=O) groups is 1. The second-order valence-corrected chi connectivity index (χ2v) is 6.36. The Kier molecular flexibility index (Phi) is 4.52. The third-order valence-corrected chi connectivity index (χ3v) is 4.17. The van der Waals surface area contributed by atoms with E-state index in [0.717, 1.165) is 24.8 Å². The summed E-state index contributed by atoms with van der Waals surface area (Å²) in [6, 6.07) is 9.90. The summed E-state index contributed by atoms with van der Waals surface area (Å²) < 4.78 is -0.513. The van der Waals surface area contributed by atoms with E-state index in [9.17, 15) is 4.79 Å². The fraction of sp³-hybridized carbons (Fsp3) is 0.500. The minimum Gasteiger partial charge on any atom is -0.352 e. The van der Waals surface area contributed by atoms with Crippen LogP contribution in [0.4, 0.5) is 0 Å². The van der Waals surface area contributed by atoms with Gasteiger partial charge < -0.3 is 5.32 Å². The standard InChI is InChI=1S/C14H17Cl2NO/c15-14(16)9-12(14)7-4-8-13(18)17-10-11-5-2-1-3-6-11/h1-3,5-6,12H,4,7-10H2,(H,17,18)/t12-/m0/s1. The molecule has 0 aliphatic heterocycles. The zero-order valence-corrected chi connectivity index (χ0v) is 11.7. The number of hydrogen-bond acceptors (Lipinski definition) is 1. The van der Waals surface area contributed by atoms with Gasteiger partial charge in [0.15, 0.2) is 0 Å². The molecular formula is C14H17Cl2NO. The van der Waals surface area contributed by atoms with Crippen molar-refractivity contribution in [3.8, 4) is 0 Å². The van der Waals surface area contributed by atoms with Gasteiger partial charge in [0.05, 0.1) is 0 Å². The second kappa shape index (κ2) is 5.94. The summed E-state index contributed by atoms with van der Waals surface area (Å²) >= 11 is 11.9. The maximum atomic E-state index is 11.6. The molecule has 1 aliphatic carbocycles. The molecule has 1 aliphatic rings. The highest BCUT2D eigenvalue weighted by Crippen LogP contribution is 2.55. The van der Waals surface area contributed by atoms with Crippen LogP contribution < -0.4 is 5.32 Å². The van der Waals surface area contributed by atoms with E-state index in [0.29, 0.717) is 18.9 Å². The summed E-state index contributed by atoms with van der Waals surface area (Å²) in [5.74, 6) is 0.469.